The predicted molar refractivity (Wildman–Crippen MR) is 155 cm³/mol. The largest absolute Gasteiger partial charge is 0.493 e. The molecular formula is C29H33FN6O3S. The van der Waals surface area contributed by atoms with Gasteiger partial charge in [-0.3, -0.25) is 9.69 Å². The number of carbonyl (C=O) groups excluding carboxylic acids is 1. The van der Waals surface area contributed by atoms with Crippen LogP contribution in [0.5, 0.6) is 11.5 Å². The lowest BCUT2D eigenvalue weighted by Crippen LogP contribution is -2.41. The van der Waals surface area contributed by atoms with Gasteiger partial charge in [0.2, 0.25) is 5.91 Å². The number of rotatable bonds is 11. The number of anilines is 3. The normalized spacial score (nSPS) is 15.6. The molecule has 1 amide bonds. The Kier molecular flexibility index (Phi) is 9.02. The van der Waals surface area contributed by atoms with Gasteiger partial charge in [-0.15, -0.1) is 11.3 Å². The molecule has 5 rings (SSSR count). The number of nitrogens with zero attached hydrogens (tertiary/aromatic N) is 4. The van der Waals surface area contributed by atoms with E-state index in [1.54, 1.807) is 25.4 Å². The summed E-state index contributed by atoms with van der Waals surface area (Å²) in [6.07, 6.45) is 8.20. The van der Waals surface area contributed by atoms with Crippen molar-refractivity contribution in [1.82, 2.24) is 19.9 Å². The Hall–Kier alpha value is -3.83. The fraction of sp³-hybridized carbons (Fsp3) is 0.379. The molecule has 0 bridgehead atoms. The molecule has 9 nitrogen and oxygen atoms in total. The van der Waals surface area contributed by atoms with Gasteiger partial charge < -0.3 is 20.1 Å². The van der Waals surface area contributed by atoms with Crippen LogP contribution in [-0.2, 0) is 11.2 Å². The maximum absolute atomic E-state index is 13.4. The Balaban J connectivity index is 1.24. The van der Waals surface area contributed by atoms with E-state index in [2.05, 4.69) is 37.4 Å². The fourth-order valence-corrected chi connectivity index (χ4v) is 5.81. The molecule has 1 aliphatic rings. The molecule has 4 aromatic rings. The second-order valence-corrected chi connectivity index (χ2v) is 10.8. The SMILES string of the molecule is CCC1CCCCN1CCOc1cc2ncnc(Nc3ncc(CC(=O)Nc4cccc(F)c4)s3)c2cc1OC. The number of piperidine rings is 1. The van der Waals surface area contributed by atoms with Crippen LogP contribution >= 0.6 is 11.3 Å². The van der Waals surface area contributed by atoms with Crippen LogP contribution in [0.3, 0.4) is 0 Å². The van der Waals surface area contributed by atoms with E-state index in [9.17, 15) is 9.18 Å². The molecule has 210 valence electrons. The lowest BCUT2D eigenvalue weighted by molar-refractivity contribution is -0.115. The number of carbonyl (C=O) groups is 1. The minimum atomic E-state index is -0.406. The number of halogens is 1. The van der Waals surface area contributed by atoms with Gasteiger partial charge in [-0.1, -0.05) is 19.4 Å². The van der Waals surface area contributed by atoms with Gasteiger partial charge in [0.05, 0.1) is 19.0 Å². The molecule has 1 unspecified atom stereocenters. The average Bonchev–Trinajstić information content (AvgIpc) is 3.39. The Morgan fingerprint density at radius 2 is 2.08 bits per heavy atom. The number of nitrogens with one attached hydrogen (secondary N) is 2. The molecule has 1 aliphatic heterocycles. The minimum Gasteiger partial charge on any atom is -0.493 e. The third kappa shape index (κ3) is 6.83. The highest BCUT2D eigenvalue weighted by molar-refractivity contribution is 7.15. The van der Waals surface area contributed by atoms with Crippen molar-refractivity contribution in [3.05, 3.63) is 59.6 Å². The highest BCUT2D eigenvalue weighted by Crippen LogP contribution is 2.35. The zero-order chi connectivity index (χ0) is 27.9. The molecule has 3 heterocycles. The van der Waals surface area contributed by atoms with E-state index in [0.717, 1.165) is 29.8 Å². The van der Waals surface area contributed by atoms with Crippen molar-refractivity contribution in [3.8, 4) is 11.5 Å². The Morgan fingerprint density at radius 3 is 2.90 bits per heavy atom. The first-order chi connectivity index (χ1) is 19.5. The molecular weight excluding hydrogens is 531 g/mol. The quantitative estimate of drug-likeness (QED) is 0.236. The van der Waals surface area contributed by atoms with Gasteiger partial charge in [-0.05, 0) is 50.1 Å². The van der Waals surface area contributed by atoms with Crippen molar-refractivity contribution in [3.63, 3.8) is 0 Å². The summed E-state index contributed by atoms with van der Waals surface area (Å²) >= 11 is 1.34. The molecule has 1 fully saturated rings. The Morgan fingerprint density at radius 1 is 1.18 bits per heavy atom. The number of thiazole rings is 1. The van der Waals surface area contributed by atoms with Crippen LogP contribution in [0, 0.1) is 5.82 Å². The van der Waals surface area contributed by atoms with Crippen LogP contribution in [0.25, 0.3) is 10.9 Å². The summed E-state index contributed by atoms with van der Waals surface area (Å²) < 4.78 is 25.2. The standard InChI is InChI=1S/C29H33FN6O3S/c1-3-21-9-4-5-10-36(21)11-12-39-26-16-24-23(15-25(26)38-2)28(33-18-32-24)35-29-31-17-22(40-29)14-27(37)34-20-8-6-7-19(30)13-20/h6-8,13,15-18,21H,3-5,9-12,14H2,1-2H3,(H,34,37)(H,31,32,33,35). The number of hydrogen-bond donors (Lipinski definition) is 2. The molecule has 0 spiro atoms. The molecule has 2 aromatic heterocycles. The molecule has 2 N–H and O–H groups in total. The number of methoxy groups -OCH3 is 1. The van der Waals surface area contributed by atoms with Gasteiger partial charge >= 0.3 is 0 Å². The van der Waals surface area contributed by atoms with Gasteiger partial charge in [-0.2, -0.15) is 0 Å². The lowest BCUT2D eigenvalue weighted by atomic mass is 10.0. The first kappa shape index (κ1) is 27.7. The Bertz CT molecular complexity index is 1460. The molecule has 1 atom stereocenters. The lowest BCUT2D eigenvalue weighted by Gasteiger charge is -2.35. The highest BCUT2D eigenvalue weighted by atomic mass is 32.1. The van der Waals surface area contributed by atoms with Crippen LogP contribution < -0.4 is 20.1 Å². The van der Waals surface area contributed by atoms with Gasteiger partial charge in [0.15, 0.2) is 16.6 Å². The van der Waals surface area contributed by atoms with Gasteiger partial charge in [0, 0.05) is 40.8 Å². The van der Waals surface area contributed by atoms with Crippen LogP contribution in [0.15, 0.2) is 48.9 Å². The third-order valence-electron chi connectivity index (χ3n) is 7.00. The predicted octanol–water partition coefficient (Wildman–Crippen LogP) is 5.80. The molecule has 0 aliphatic carbocycles. The maximum atomic E-state index is 13.4. The summed E-state index contributed by atoms with van der Waals surface area (Å²) in [7, 11) is 1.62. The monoisotopic (exact) mass is 564 g/mol. The fourth-order valence-electron chi connectivity index (χ4n) is 5.00. The second-order valence-electron chi connectivity index (χ2n) is 9.68. The summed E-state index contributed by atoms with van der Waals surface area (Å²) in [5.41, 5.74) is 1.12. The van der Waals surface area contributed by atoms with Crippen molar-refractivity contribution in [2.75, 3.05) is 37.4 Å². The molecule has 1 saturated heterocycles. The van der Waals surface area contributed by atoms with E-state index in [0.29, 0.717) is 46.3 Å². The molecule has 2 aromatic carbocycles. The summed E-state index contributed by atoms with van der Waals surface area (Å²) in [4.78, 5) is 28.9. The molecule has 0 radical (unpaired) electrons. The number of benzene rings is 2. The van der Waals surface area contributed by atoms with E-state index in [-0.39, 0.29) is 12.3 Å². The summed E-state index contributed by atoms with van der Waals surface area (Å²) in [6, 6.07) is 10.2. The smallest absolute Gasteiger partial charge is 0.229 e. The van der Waals surface area contributed by atoms with E-state index in [4.69, 9.17) is 9.47 Å². The van der Waals surface area contributed by atoms with Crippen LogP contribution in [0.4, 0.5) is 21.0 Å². The topological polar surface area (TPSA) is 102 Å². The maximum Gasteiger partial charge on any atom is 0.229 e. The summed E-state index contributed by atoms with van der Waals surface area (Å²) in [5, 5.41) is 7.28. The number of likely N-dealkylation sites (tertiary alicyclic amines) is 1. The molecule has 0 saturated carbocycles. The van der Waals surface area contributed by atoms with Gasteiger partial charge in [-0.25, -0.2) is 19.3 Å². The molecule has 11 heteroatoms. The zero-order valence-corrected chi connectivity index (χ0v) is 23.5. The second kappa shape index (κ2) is 13.0. The summed E-state index contributed by atoms with van der Waals surface area (Å²) in [6.45, 7) is 4.82. The van der Waals surface area contributed by atoms with Crippen molar-refractivity contribution in [2.45, 2.75) is 45.1 Å². The van der Waals surface area contributed by atoms with Crippen molar-refractivity contribution < 1.29 is 18.7 Å². The van der Waals surface area contributed by atoms with Crippen LogP contribution in [0.1, 0.15) is 37.5 Å². The van der Waals surface area contributed by atoms with Gasteiger partial charge in [0.25, 0.3) is 0 Å². The minimum absolute atomic E-state index is 0.116. The highest BCUT2D eigenvalue weighted by Gasteiger charge is 2.21. The number of amides is 1. The first-order valence-corrected chi connectivity index (χ1v) is 14.3. The van der Waals surface area contributed by atoms with Crippen LogP contribution in [0.2, 0.25) is 0 Å². The van der Waals surface area contributed by atoms with Gasteiger partial charge in [0.1, 0.15) is 24.6 Å². The number of ether oxygens (including phenoxy) is 2. The molecule has 40 heavy (non-hydrogen) atoms. The first-order valence-electron chi connectivity index (χ1n) is 13.5. The van der Waals surface area contributed by atoms with Crippen LogP contribution in [-0.4, -0.2) is 58.6 Å². The van der Waals surface area contributed by atoms with Crippen molar-refractivity contribution in [1.29, 1.82) is 0 Å². The number of hydrogen-bond acceptors (Lipinski definition) is 9. The zero-order valence-electron chi connectivity index (χ0n) is 22.7. The van der Waals surface area contributed by atoms with Crippen molar-refractivity contribution >= 4 is 44.8 Å². The van der Waals surface area contributed by atoms with E-state index in [1.807, 2.05) is 12.1 Å². The average molecular weight is 565 g/mol. The van der Waals surface area contributed by atoms with E-state index >= 15 is 0 Å². The third-order valence-corrected chi connectivity index (χ3v) is 7.91. The van der Waals surface area contributed by atoms with E-state index < -0.39 is 5.82 Å². The number of aromatic nitrogens is 3. The Labute approximate surface area is 236 Å². The summed E-state index contributed by atoms with van der Waals surface area (Å²) in [5.74, 6) is 1.16. The number of fused-ring (bicyclic) bond motifs is 1. The van der Waals surface area contributed by atoms with Crippen molar-refractivity contribution in [2.24, 2.45) is 0 Å². The van der Waals surface area contributed by atoms with E-state index in [1.165, 1.54) is 49.1 Å².